The van der Waals surface area contributed by atoms with Gasteiger partial charge in [0.05, 0.1) is 11.4 Å². The Labute approximate surface area is 155 Å². The molecular formula is C18H14N4O4S. The summed E-state index contributed by atoms with van der Waals surface area (Å²) in [6, 6.07) is 12.4. The van der Waals surface area contributed by atoms with Gasteiger partial charge in [-0.3, -0.25) is 4.79 Å². The Hall–Kier alpha value is -3.48. The number of rotatable bonds is 6. The molecule has 0 radical (unpaired) electrons. The first-order valence-corrected chi connectivity index (χ1v) is 9.19. The number of aromatic nitrogens is 2. The van der Waals surface area contributed by atoms with Crippen LogP contribution in [0.2, 0.25) is 0 Å². The minimum atomic E-state index is -3.70. The Bertz CT molecular complexity index is 1090. The monoisotopic (exact) mass is 382 g/mol. The second kappa shape index (κ2) is 7.82. The topological polar surface area (TPSA) is 114 Å². The van der Waals surface area contributed by atoms with Crippen LogP contribution in [0.1, 0.15) is 10.4 Å². The van der Waals surface area contributed by atoms with Gasteiger partial charge in [-0.25, -0.2) is 8.42 Å². The molecule has 2 aromatic carbocycles. The molecule has 0 bridgehead atoms. The molecule has 0 atom stereocenters. The lowest BCUT2D eigenvalue weighted by atomic mass is 10.1. The molecule has 0 saturated carbocycles. The predicted octanol–water partition coefficient (Wildman–Crippen LogP) is 1.90. The van der Waals surface area contributed by atoms with Gasteiger partial charge in [0.2, 0.25) is 22.3 Å². The zero-order valence-electron chi connectivity index (χ0n) is 13.9. The van der Waals surface area contributed by atoms with E-state index in [0.29, 0.717) is 22.7 Å². The number of carbonyl (C=O) groups is 1. The average Bonchev–Trinajstić information content (AvgIpc) is 3.21. The van der Waals surface area contributed by atoms with Gasteiger partial charge < -0.3 is 9.73 Å². The third-order valence-electron chi connectivity index (χ3n) is 3.52. The smallest absolute Gasteiger partial charge is 0.255 e. The third kappa shape index (κ3) is 4.38. The zero-order chi connectivity index (χ0) is 19.3. The van der Waals surface area contributed by atoms with Crippen molar-refractivity contribution in [3.8, 4) is 23.8 Å². The van der Waals surface area contributed by atoms with Crippen LogP contribution in [-0.2, 0) is 10.0 Å². The van der Waals surface area contributed by atoms with E-state index in [1.807, 2.05) is 0 Å². The van der Waals surface area contributed by atoms with Crippen molar-refractivity contribution in [2.24, 2.45) is 0 Å². The summed E-state index contributed by atoms with van der Waals surface area (Å²) in [6.45, 7) is -0.110. The van der Waals surface area contributed by atoms with Crippen LogP contribution in [-0.4, -0.2) is 31.1 Å². The summed E-state index contributed by atoms with van der Waals surface area (Å²) in [5.41, 5.74) is 1.49. The SMILES string of the molecule is C#CCNS(=O)(=O)c1ccc(C(=O)Nc2cccc(-c3nnco3)c2)cc1. The van der Waals surface area contributed by atoms with Gasteiger partial charge in [0, 0.05) is 16.8 Å². The second-order valence-electron chi connectivity index (χ2n) is 5.33. The third-order valence-corrected chi connectivity index (χ3v) is 4.94. The van der Waals surface area contributed by atoms with Crippen molar-refractivity contribution in [2.45, 2.75) is 4.90 Å². The van der Waals surface area contributed by atoms with Gasteiger partial charge in [-0.15, -0.1) is 16.6 Å². The minimum Gasteiger partial charge on any atom is -0.423 e. The number of terminal acetylenes is 1. The summed E-state index contributed by atoms with van der Waals surface area (Å²) in [5, 5.41) is 10.2. The molecule has 0 spiro atoms. The average molecular weight is 382 g/mol. The van der Waals surface area contributed by atoms with Gasteiger partial charge in [0.25, 0.3) is 5.91 Å². The Morgan fingerprint density at radius 1 is 1.19 bits per heavy atom. The number of hydrogen-bond acceptors (Lipinski definition) is 6. The number of nitrogens with one attached hydrogen (secondary N) is 2. The molecule has 3 rings (SSSR count). The van der Waals surface area contributed by atoms with Crippen molar-refractivity contribution in [3.63, 3.8) is 0 Å². The number of sulfonamides is 1. The van der Waals surface area contributed by atoms with Gasteiger partial charge in [-0.1, -0.05) is 12.0 Å². The highest BCUT2D eigenvalue weighted by Crippen LogP contribution is 2.21. The zero-order valence-corrected chi connectivity index (χ0v) is 14.7. The van der Waals surface area contributed by atoms with E-state index in [1.54, 1.807) is 24.3 Å². The highest BCUT2D eigenvalue weighted by molar-refractivity contribution is 7.89. The number of anilines is 1. The van der Waals surface area contributed by atoms with Crippen LogP contribution in [0.25, 0.3) is 11.5 Å². The molecule has 0 fully saturated rings. The highest BCUT2D eigenvalue weighted by atomic mass is 32.2. The molecular weight excluding hydrogens is 368 g/mol. The fourth-order valence-electron chi connectivity index (χ4n) is 2.24. The number of hydrogen-bond donors (Lipinski definition) is 2. The van der Waals surface area contributed by atoms with Crippen molar-refractivity contribution in [3.05, 3.63) is 60.5 Å². The first-order chi connectivity index (χ1) is 13.0. The largest absolute Gasteiger partial charge is 0.423 e. The van der Waals surface area contributed by atoms with E-state index in [-0.39, 0.29) is 11.4 Å². The molecule has 2 N–H and O–H groups in total. The van der Waals surface area contributed by atoms with E-state index < -0.39 is 15.9 Å². The van der Waals surface area contributed by atoms with Crippen molar-refractivity contribution in [1.29, 1.82) is 0 Å². The quantitative estimate of drug-likeness (QED) is 0.630. The summed E-state index contributed by atoms with van der Waals surface area (Å²) in [7, 11) is -3.70. The van der Waals surface area contributed by atoms with Crippen molar-refractivity contribution in [1.82, 2.24) is 14.9 Å². The van der Waals surface area contributed by atoms with Crippen LogP contribution in [0.4, 0.5) is 5.69 Å². The molecule has 0 saturated heterocycles. The maximum atomic E-state index is 12.4. The van der Waals surface area contributed by atoms with Gasteiger partial charge >= 0.3 is 0 Å². The summed E-state index contributed by atoms with van der Waals surface area (Å²) in [6.07, 6.45) is 6.27. The molecule has 136 valence electrons. The lowest BCUT2D eigenvalue weighted by molar-refractivity contribution is 0.102. The first-order valence-electron chi connectivity index (χ1n) is 7.71. The normalized spacial score (nSPS) is 10.9. The number of carbonyl (C=O) groups excluding carboxylic acids is 1. The maximum Gasteiger partial charge on any atom is 0.255 e. The van der Waals surface area contributed by atoms with E-state index in [9.17, 15) is 13.2 Å². The van der Waals surface area contributed by atoms with Crippen LogP contribution >= 0.6 is 0 Å². The van der Waals surface area contributed by atoms with E-state index in [4.69, 9.17) is 10.8 Å². The standard InChI is InChI=1S/C18H14N4O4S/c1-2-10-20-27(24,25)16-8-6-13(7-9-16)17(23)21-15-5-3-4-14(11-15)18-22-19-12-26-18/h1,3-9,11-12,20H,10H2,(H,21,23). The van der Waals surface area contributed by atoms with Crippen LogP contribution in [0.5, 0.6) is 0 Å². The van der Waals surface area contributed by atoms with Crippen molar-refractivity contribution < 1.29 is 17.6 Å². The predicted molar refractivity (Wildman–Crippen MR) is 98.2 cm³/mol. The van der Waals surface area contributed by atoms with Crippen LogP contribution in [0.15, 0.2) is 64.2 Å². The Balaban J connectivity index is 1.74. The number of amides is 1. The molecule has 0 aliphatic heterocycles. The summed E-state index contributed by atoms with van der Waals surface area (Å²) >= 11 is 0. The minimum absolute atomic E-state index is 0.0210. The molecule has 27 heavy (non-hydrogen) atoms. The number of nitrogens with zero attached hydrogens (tertiary/aromatic N) is 2. The number of benzene rings is 2. The van der Waals surface area contributed by atoms with Crippen LogP contribution in [0.3, 0.4) is 0 Å². The lowest BCUT2D eigenvalue weighted by Crippen LogP contribution is -2.24. The van der Waals surface area contributed by atoms with Gasteiger partial charge in [0.15, 0.2) is 0 Å². The van der Waals surface area contributed by atoms with E-state index >= 15 is 0 Å². The maximum absolute atomic E-state index is 12.4. The lowest BCUT2D eigenvalue weighted by Gasteiger charge is -2.08. The molecule has 0 aliphatic carbocycles. The fraction of sp³-hybridized carbons (Fsp3) is 0.0556. The van der Waals surface area contributed by atoms with Gasteiger partial charge in [0.1, 0.15) is 0 Å². The molecule has 9 heteroatoms. The Kier molecular flexibility index (Phi) is 5.30. The molecule has 1 aromatic heterocycles. The molecule has 0 unspecified atom stereocenters. The fourth-order valence-corrected chi connectivity index (χ4v) is 3.17. The Morgan fingerprint density at radius 3 is 2.63 bits per heavy atom. The summed E-state index contributed by atoms with van der Waals surface area (Å²) < 4.78 is 31.3. The van der Waals surface area contributed by atoms with Crippen molar-refractivity contribution >= 4 is 21.6 Å². The molecule has 1 amide bonds. The molecule has 0 aliphatic rings. The van der Waals surface area contributed by atoms with Crippen LogP contribution < -0.4 is 10.0 Å². The summed E-state index contributed by atoms with van der Waals surface area (Å²) in [4.78, 5) is 12.4. The van der Waals surface area contributed by atoms with E-state index in [2.05, 4.69) is 26.2 Å². The van der Waals surface area contributed by atoms with Gasteiger partial charge in [-0.2, -0.15) is 4.72 Å². The molecule has 1 heterocycles. The van der Waals surface area contributed by atoms with E-state index in [1.165, 1.54) is 30.7 Å². The summed E-state index contributed by atoms with van der Waals surface area (Å²) in [5.74, 6) is 2.14. The Morgan fingerprint density at radius 2 is 1.96 bits per heavy atom. The highest BCUT2D eigenvalue weighted by Gasteiger charge is 2.14. The molecule has 8 nitrogen and oxygen atoms in total. The first kappa shape index (κ1) is 18.3. The van der Waals surface area contributed by atoms with Crippen LogP contribution in [0, 0.1) is 12.3 Å². The van der Waals surface area contributed by atoms with Crippen molar-refractivity contribution in [2.75, 3.05) is 11.9 Å². The van der Waals surface area contributed by atoms with E-state index in [0.717, 1.165) is 0 Å². The second-order valence-corrected chi connectivity index (χ2v) is 7.10. The molecule has 3 aromatic rings. The van der Waals surface area contributed by atoms with Gasteiger partial charge in [-0.05, 0) is 42.5 Å².